The maximum atomic E-state index is 9.00. The first-order valence-electron chi connectivity index (χ1n) is 6.86. The van der Waals surface area contributed by atoms with Gasteiger partial charge in [-0.3, -0.25) is 19.2 Å². The molecular formula is C14H29NO8. The molecule has 1 aliphatic rings. The van der Waals surface area contributed by atoms with Crippen LogP contribution < -0.4 is 5.73 Å². The molecule has 9 nitrogen and oxygen atoms in total. The van der Waals surface area contributed by atoms with Crippen molar-refractivity contribution in [1.82, 2.24) is 0 Å². The van der Waals surface area contributed by atoms with Crippen molar-refractivity contribution in [3.8, 4) is 0 Å². The Morgan fingerprint density at radius 1 is 0.652 bits per heavy atom. The highest BCUT2D eigenvalue weighted by Crippen LogP contribution is 2.14. The van der Waals surface area contributed by atoms with Crippen LogP contribution >= 0.6 is 0 Å². The van der Waals surface area contributed by atoms with Crippen LogP contribution in [0.5, 0.6) is 0 Å². The molecule has 0 atom stereocenters. The molecule has 138 valence electrons. The zero-order valence-corrected chi connectivity index (χ0v) is 14.1. The minimum atomic E-state index is -0.833. The maximum Gasteiger partial charge on any atom is 0.300 e. The number of hydrogen-bond donors (Lipinski definition) is 5. The SMILES string of the molecule is CC(=O)O.CC(=O)O.CC(=O)O.CC(=O)O.NC1CCCCC1. The Hall–Kier alpha value is -2.16. The molecule has 1 aliphatic carbocycles. The average Bonchev–Trinajstić information content (AvgIpc) is 2.26. The Morgan fingerprint density at radius 2 is 0.826 bits per heavy atom. The van der Waals surface area contributed by atoms with Crippen molar-refractivity contribution >= 4 is 23.9 Å². The van der Waals surface area contributed by atoms with E-state index in [4.69, 9.17) is 45.3 Å². The predicted octanol–water partition coefficient (Wildman–Crippen LogP) is 1.64. The van der Waals surface area contributed by atoms with Gasteiger partial charge in [0.15, 0.2) is 0 Å². The molecule has 0 aromatic heterocycles. The highest BCUT2D eigenvalue weighted by Gasteiger charge is 2.06. The lowest BCUT2D eigenvalue weighted by atomic mass is 9.97. The summed E-state index contributed by atoms with van der Waals surface area (Å²) in [4.78, 5) is 36.0. The van der Waals surface area contributed by atoms with Crippen molar-refractivity contribution in [2.45, 2.75) is 65.8 Å². The van der Waals surface area contributed by atoms with Crippen molar-refractivity contribution < 1.29 is 39.6 Å². The van der Waals surface area contributed by atoms with Crippen molar-refractivity contribution in [3.63, 3.8) is 0 Å². The molecule has 23 heavy (non-hydrogen) atoms. The number of nitrogens with two attached hydrogens (primary N) is 1. The highest BCUT2D eigenvalue weighted by atomic mass is 16.4. The van der Waals surface area contributed by atoms with Gasteiger partial charge in [0.2, 0.25) is 0 Å². The van der Waals surface area contributed by atoms with Gasteiger partial charge in [0.05, 0.1) is 0 Å². The van der Waals surface area contributed by atoms with E-state index in [1.54, 1.807) is 0 Å². The fraction of sp³-hybridized carbons (Fsp3) is 0.714. The van der Waals surface area contributed by atoms with E-state index in [2.05, 4.69) is 0 Å². The van der Waals surface area contributed by atoms with E-state index < -0.39 is 23.9 Å². The standard InChI is InChI=1S/C6H13N.4C2H4O2/c7-6-4-2-1-3-5-6;4*1-2(3)4/h6H,1-5,7H2;4*1H3,(H,3,4). The average molecular weight is 339 g/mol. The topological polar surface area (TPSA) is 175 Å². The summed E-state index contributed by atoms with van der Waals surface area (Å²) >= 11 is 0. The first-order chi connectivity index (χ1) is 10.3. The van der Waals surface area contributed by atoms with Crippen LogP contribution in [0, 0.1) is 0 Å². The lowest BCUT2D eigenvalue weighted by molar-refractivity contribution is -0.135. The van der Waals surface area contributed by atoms with Gasteiger partial charge in [-0.05, 0) is 12.8 Å². The quantitative estimate of drug-likeness (QED) is 0.439. The summed E-state index contributed by atoms with van der Waals surface area (Å²) in [6.45, 7) is 4.33. The Balaban J connectivity index is -0.000000102. The zero-order valence-electron chi connectivity index (χ0n) is 14.1. The van der Waals surface area contributed by atoms with E-state index in [1.807, 2.05) is 0 Å². The number of rotatable bonds is 0. The first-order valence-corrected chi connectivity index (χ1v) is 6.86. The van der Waals surface area contributed by atoms with Gasteiger partial charge in [0.1, 0.15) is 0 Å². The van der Waals surface area contributed by atoms with Gasteiger partial charge < -0.3 is 26.2 Å². The second-order valence-electron chi connectivity index (χ2n) is 4.47. The predicted molar refractivity (Wildman–Crippen MR) is 84.3 cm³/mol. The monoisotopic (exact) mass is 339 g/mol. The van der Waals surface area contributed by atoms with E-state index in [9.17, 15) is 0 Å². The molecule has 0 aromatic rings. The number of aliphatic carboxylic acids is 4. The summed E-state index contributed by atoms with van der Waals surface area (Å²) in [5.74, 6) is -3.33. The van der Waals surface area contributed by atoms with Crippen LogP contribution in [0.3, 0.4) is 0 Å². The van der Waals surface area contributed by atoms with Gasteiger partial charge in [-0.2, -0.15) is 0 Å². The largest absolute Gasteiger partial charge is 0.481 e. The van der Waals surface area contributed by atoms with E-state index in [-0.39, 0.29) is 0 Å². The van der Waals surface area contributed by atoms with E-state index in [1.165, 1.54) is 32.1 Å². The molecule has 0 radical (unpaired) electrons. The van der Waals surface area contributed by atoms with Crippen LogP contribution in [0.2, 0.25) is 0 Å². The number of hydrogen-bond acceptors (Lipinski definition) is 5. The van der Waals surface area contributed by atoms with Crippen molar-refractivity contribution in [3.05, 3.63) is 0 Å². The van der Waals surface area contributed by atoms with Crippen LogP contribution in [0.15, 0.2) is 0 Å². The fourth-order valence-electron chi connectivity index (χ4n) is 1.13. The third-order valence-corrected chi connectivity index (χ3v) is 1.65. The van der Waals surface area contributed by atoms with Crippen LogP contribution in [0.4, 0.5) is 0 Å². The number of carboxylic acids is 4. The Kier molecular flexibility index (Phi) is 27.8. The van der Waals surface area contributed by atoms with Gasteiger partial charge in [-0.1, -0.05) is 19.3 Å². The van der Waals surface area contributed by atoms with E-state index in [0.29, 0.717) is 6.04 Å². The Labute approximate surface area is 136 Å². The van der Waals surface area contributed by atoms with Crippen LogP contribution in [0.25, 0.3) is 0 Å². The fourth-order valence-corrected chi connectivity index (χ4v) is 1.13. The van der Waals surface area contributed by atoms with E-state index in [0.717, 1.165) is 27.7 Å². The first kappa shape index (κ1) is 28.9. The second-order valence-corrected chi connectivity index (χ2v) is 4.47. The Morgan fingerprint density at radius 3 is 0.913 bits per heavy atom. The molecular weight excluding hydrogens is 310 g/mol. The molecule has 1 rings (SSSR count). The summed E-state index contributed by atoms with van der Waals surface area (Å²) in [5.41, 5.74) is 5.63. The van der Waals surface area contributed by atoms with Crippen molar-refractivity contribution in [2.24, 2.45) is 5.73 Å². The molecule has 0 heterocycles. The molecule has 0 bridgehead atoms. The molecule has 0 aromatic carbocycles. The van der Waals surface area contributed by atoms with Crippen LogP contribution in [0.1, 0.15) is 59.8 Å². The van der Waals surface area contributed by atoms with Gasteiger partial charge in [0.25, 0.3) is 23.9 Å². The molecule has 1 fully saturated rings. The molecule has 0 saturated heterocycles. The number of carboxylic acid groups (broad SMARTS) is 4. The smallest absolute Gasteiger partial charge is 0.300 e. The number of carbonyl (C=O) groups is 4. The zero-order chi connectivity index (χ0) is 19.4. The summed E-state index contributed by atoms with van der Waals surface area (Å²) in [7, 11) is 0. The van der Waals surface area contributed by atoms with Gasteiger partial charge in [0, 0.05) is 33.7 Å². The normalized spacial score (nSPS) is 12.0. The second kappa shape index (κ2) is 22.1. The lowest BCUT2D eigenvalue weighted by Crippen LogP contribution is -2.22. The van der Waals surface area contributed by atoms with Crippen molar-refractivity contribution in [1.29, 1.82) is 0 Å². The van der Waals surface area contributed by atoms with E-state index >= 15 is 0 Å². The molecule has 9 heteroatoms. The highest BCUT2D eigenvalue weighted by molar-refractivity contribution is 5.63. The maximum absolute atomic E-state index is 9.00. The molecule has 6 N–H and O–H groups in total. The van der Waals surface area contributed by atoms with Crippen molar-refractivity contribution in [2.75, 3.05) is 0 Å². The van der Waals surface area contributed by atoms with Crippen LogP contribution in [-0.4, -0.2) is 50.3 Å². The Bertz CT molecular complexity index is 261. The lowest BCUT2D eigenvalue weighted by Gasteiger charge is -2.15. The molecule has 0 spiro atoms. The summed E-state index contributed by atoms with van der Waals surface area (Å²) < 4.78 is 0. The molecule has 0 amide bonds. The van der Waals surface area contributed by atoms with Gasteiger partial charge in [-0.25, -0.2) is 0 Å². The molecule has 0 unspecified atom stereocenters. The molecule has 0 aliphatic heterocycles. The minimum Gasteiger partial charge on any atom is -0.481 e. The third kappa shape index (κ3) is 185. The minimum absolute atomic E-state index is 0.536. The summed E-state index contributed by atoms with van der Waals surface area (Å²) in [5, 5.41) is 29.7. The molecule has 1 saturated carbocycles. The summed E-state index contributed by atoms with van der Waals surface area (Å²) in [6, 6.07) is 0.536. The summed E-state index contributed by atoms with van der Waals surface area (Å²) in [6.07, 6.45) is 6.66. The van der Waals surface area contributed by atoms with Gasteiger partial charge in [-0.15, -0.1) is 0 Å². The van der Waals surface area contributed by atoms with Crippen LogP contribution in [-0.2, 0) is 19.2 Å². The van der Waals surface area contributed by atoms with Gasteiger partial charge >= 0.3 is 0 Å². The third-order valence-electron chi connectivity index (χ3n) is 1.65.